The molecule has 2 heterocycles. The van der Waals surface area contributed by atoms with Crippen molar-refractivity contribution >= 4 is 37.9 Å². The average molecular weight is 351 g/mol. The first kappa shape index (κ1) is 15.8. The lowest BCUT2D eigenvalue weighted by molar-refractivity contribution is 0.104. The maximum atomic E-state index is 13.2. The lowest BCUT2D eigenvalue weighted by Crippen LogP contribution is -2.06. The summed E-state index contributed by atoms with van der Waals surface area (Å²) in [6.45, 7) is 2.77. The molecule has 0 atom stereocenters. The van der Waals surface area contributed by atoms with Gasteiger partial charge < -0.3 is 10.5 Å². The second kappa shape index (κ2) is 6.29. The molecule has 0 bridgehead atoms. The van der Waals surface area contributed by atoms with Crippen LogP contribution in [-0.2, 0) is 6.42 Å². The molecule has 6 heteroatoms. The molecule has 0 unspecified atom stereocenters. The molecule has 2 N–H and O–H groups in total. The van der Waals surface area contributed by atoms with Crippen LogP contribution in [0.15, 0.2) is 41.8 Å². The number of rotatable bonds is 4. The Morgan fingerprint density at radius 1 is 1.36 bits per heavy atom. The zero-order valence-electron chi connectivity index (χ0n) is 13.7. The topological polar surface area (TPSA) is 74.6 Å². The molecular weight excluding hydrogens is 334 g/mol. The molecule has 0 amide bonds. The van der Waals surface area contributed by atoms with Crippen molar-refractivity contribution in [2.45, 2.75) is 19.8 Å². The third-order valence-electron chi connectivity index (χ3n) is 4.49. The Balaban J connectivity index is 1.82. The van der Waals surface area contributed by atoms with Gasteiger partial charge in [0.25, 0.3) is 0 Å². The van der Waals surface area contributed by atoms with Gasteiger partial charge in [0.2, 0.25) is 0 Å². The number of aryl methyl sites for hydroxylation is 1. The second-order valence-electron chi connectivity index (χ2n) is 5.96. The number of oxime groups is 1. The molecule has 1 aliphatic carbocycles. The lowest BCUT2D eigenvalue weighted by atomic mass is 9.98. The maximum absolute atomic E-state index is 13.2. The van der Waals surface area contributed by atoms with Gasteiger partial charge in [-0.2, -0.15) is 0 Å². The van der Waals surface area contributed by atoms with Crippen molar-refractivity contribution in [1.29, 1.82) is 0 Å². The van der Waals surface area contributed by atoms with Gasteiger partial charge in [-0.1, -0.05) is 17.3 Å². The smallest absolute Gasteiger partial charge is 0.196 e. The van der Waals surface area contributed by atoms with E-state index < -0.39 is 0 Å². The number of benzene rings is 1. The molecule has 126 valence electrons. The van der Waals surface area contributed by atoms with Gasteiger partial charge in [0.05, 0.1) is 16.0 Å². The fourth-order valence-corrected chi connectivity index (χ4v) is 4.46. The number of aromatic nitrogens is 1. The lowest BCUT2D eigenvalue weighted by Gasteiger charge is -2.07. The van der Waals surface area contributed by atoms with E-state index in [0.29, 0.717) is 23.3 Å². The Labute approximate surface area is 149 Å². The number of ketones is 1. The number of hydrogen-bond acceptors (Lipinski definition) is 6. The van der Waals surface area contributed by atoms with Crippen molar-refractivity contribution in [3.05, 3.63) is 58.9 Å². The molecule has 1 aliphatic rings. The Kier molecular flexibility index (Phi) is 3.97. The highest BCUT2D eigenvalue weighted by Gasteiger charge is 2.23. The first-order valence-electron chi connectivity index (χ1n) is 8.22. The minimum Gasteiger partial charge on any atom is -0.411 e. The zero-order chi connectivity index (χ0) is 17.4. The van der Waals surface area contributed by atoms with Crippen molar-refractivity contribution in [1.82, 2.24) is 4.98 Å². The molecule has 4 rings (SSSR count). The molecular formula is C19H17N3O2S. The fourth-order valence-electron chi connectivity index (χ4n) is 3.32. The summed E-state index contributed by atoms with van der Waals surface area (Å²) in [4.78, 5) is 17.4. The Morgan fingerprint density at radius 3 is 3.04 bits per heavy atom. The number of nitrogens with one attached hydrogen (secondary N) is 1. The molecule has 25 heavy (non-hydrogen) atoms. The average Bonchev–Trinajstić information content (AvgIpc) is 3.21. The summed E-state index contributed by atoms with van der Waals surface area (Å²) in [6.07, 6.45) is 5.02. The predicted molar refractivity (Wildman–Crippen MR) is 100 cm³/mol. The molecule has 0 radical (unpaired) electrons. The highest BCUT2D eigenvalue weighted by atomic mass is 32.1. The van der Waals surface area contributed by atoms with Gasteiger partial charge in [-0.05, 0) is 37.5 Å². The Hall–Kier alpha value is -2.73. The number of hydrogen-bond donors (Lipinski definition) is 2. The van der Waals surface area contributed by atoms with Gasteiger partial charge in [-0.3, -0.25) is 9.78 Å². The number of pyridine rings is 1. The Bertz CT molecular complexity index is 1010. The van der Waals surface area contributed by atoms with Crippen molar-refractivity contribution in [3.63, 3.8) is 0 Å². The van der Waals surface area contributed by atoms with Gasteiger partial charge in [-0.25, -0.2) is 0 Å². The number of anilines is 1. The summed E-state index contributed by atoms with van der Waals surface area (Å²) < 4.78 is 0.998. The molecule has 0 saturated heterocycles. The number of carbonyl (C=O) groups is 1. The van der Waals surface area contributed by atoms with Crippen molar-refractivity contribution < 1.29 is 10.0 Å². The summed E-state index contributed by atoms with van der Waals surface area (Å²) in [5.74, 6) is 0.00517. The van der Waals surface area contributed by atoms with Gasteiger partial charge >= 0.3 is 0 Å². The van der Waals surface area contributed by atoms with E-state index >= 15 is 0 Å². The van der Waals surface area contributed by atoms with E-state index in [1.165, 1.54) is 0 Å². The minimum absolute atomic E-state index is 0.00517. The summed E-state index contributed by atoms with van der Waals surface area (Å²) in [5.41, 5.74) is 4.05. The van der Waals surface area contributed by atoms with Crippen LogP contribution >= 0.6 is 11.3 Å². The standard InChI is InChI=1S/C19H17N3O2S/c1-2-21-19-17(14-7-8-20-10-16(14)25-19)18(23)12-3-5-13-11(9-12)4-6-15(13)22-24/h3,5,7-10,21,24H,2,4,6H2,1H3/b22-15+. The summed E-state index contributed by atoms with van der Waals surface area (Å²) in [7, 11) is 0. The molecule has 1 aromatic carbocycles. The quantitative estimate of drug-likeness (QED) is 0.422. The van der Waals surface area contributed by atoms with Crippen LogP contribution in [0.2, 0.25) is 0 Å². The number of fused-ring (bicyclic) bond motifs is 2. The highest BCUT2D eigenvalue weighted by molar-refractivity contribution is 7.23. The van der Waals surface area contributed by atoms with Gasteiger partial charge in [0.1, 0.15) is 5.00 Å². The number of thiophene rings is 1. The maximum Gasteiger partial charge on any atom is 0.196 e. The Morgan fingerprint density at radius 2 is 2.24 bits per heavy atom. The molecule has 0 spiro atoms. The molecule has 0 aliphatic heterocycles. The third-order valence-corrected chi connectivity index (χ3v) is 5.59. The van der Waals surface area contributed by atoms with E-state index in [0.717, 1.165) is 39.2 Å². The minimum atomic E-state index is 0.00517. The van der Waals surface area contributed by atoms with Crippen molar-refractivity contribution in [2.75, 3.05) is 11.9 Å². The van der Waals surface area contributed by atoms with Crippen LogP contribution in [0.1, 0.15) is 40.4 Å². The number of carbonyl (C=O) groups excluding carboxylic acids is 1. The van der Waals surface area contributed by atoms with Crippen LogP contribution in [-0.4, -0.2) is 28.2 Å². The van der Waals surface area contributed by atoms with Gasteiger partial charge in [0.15, 0.2) is 5.78 Å². The molecule has 0 fully saturated rings. The third kappa shape index (κ3) is 2.59. The fraction of sp³-hybridized carbons (Fsp3) is 0.211. The van der Waals surface area contributed by atoms with Crippen molar-refractivity contribution in [2.24, 2.45) is 5.16 Å². The van der Waals surface area contributed by atoms with Crippen molar-refractivity contribution in [3.8, 4) is 0 Å². The van der Waals surface area contributed by atoms with E-state index in [9.17, 15) is 4.79 Å². The zero-order valence-corrected chi connectivity index (χ0v) is 14.6. The summed E-state index contributed by atoms with van der Waals surface area (Å²) >= 11 is 1.55. The normalized spacial score (nSPS) is 14.8. The first-order valence-corrected chi connectivity index (χ1v) is 9.04. The molecule has 0 saturated carbocycles. The van der Waals surface area contributed by atoms with Gasteiger partial charge in [0, 0.05) is 35.5 Å². The van der Waals surface area contributed by atoms with Crippen LogP contribution in [0, 0.1) is 0 Å². The van der Waals surface area contributed by atoms with E-state index in [1.807, 2.05) is 31.2 Å². The molecule has 3 aromatic rings. The van der Waals surface area contributed by atoms with Crippen LogP contribution in [0.3, 0.4) is 0 Å². The first-order chi connectivity index (χ1) is 12.2. The monoisotopic (exact) mass is 351 g/mol. The van der Waals surface area contributed by atoms with Crippen LogP contribution in [0.5, 0.6) is 0 Å². The van der Waals surface area contributed by atoms with Gasteiger partial charge in [-0.15, -0.1) is 11.3 Å². The van der Waals surface area contributed by atoms with Crippen LogP contribution < -0.4 is 5.32 Å². The SMILES string of the molecule is CCNc1sc2cnccc2c1C(=O)c1ccc2c(c1)CC/C2=N\O. The summed E-state index contributed by atoms with van der Waals surface area (Å²) in [6, 6.07) is 7.52. The highest BCUT2D eigenvalue weighted by Crippen LogP contribution is 2.37. The van der Waals surface area contributed by atoms with Crippen LogP contribution in [0.25, 0.3) is 10.1 Å². The van der Waals surface area contributed by atoms with E-state index in [1.54, 1.807) is 23.7 Å². The molecule has 2 aromatic heterocycles. The predicted octanol–water partition coefficient (Wildman–Crippen LogP) is 4.08. The van der Waals surface area contributed by atoms with Crippen LogP contribution in [0.4, 0.5) is 5.00 Å². The van der Waals surface area contributed by atoms with E-state index in [-0.39, 0.29) is 5.78 Å². The van der Waals surface area contributed by atoms with E-state index in [2.05, 4.69) is 15.5 Å². The van der Waals surface area contributed by atoms with E-state index in [4.69, 9.17) is 5.21 Å². The number of nitrogens with zero attached hydrogens (tertiary/aromatic N) is 2. The summed E-state index contributed by atoms with van der Waals surface area (Å²) in [5, 5.41) is 17.5. The molecule has 5 nitrogen and oxygen atoms in total. The second-order valence-corrected chi connectivity index (χ2v) is 7.01. The largest absolute Gasteiger partial charge is 0.411 e.